The van der Waals surface area contributed by atoms with E-state index in [0.717, 1.165) is 29.9 Å². The van der Waals surface area contributed by atoms with Crippen molar-refractivity contribution in [2.24, 2.45) is 4.40 Å². The summed E-state index contributed by atoms with van der Waals surface area (Å²) in [5.41, 5.74) is 1.64. The molecule has 7 nitrogen and oxygen atoms in total. The smallest absolute Gasteiger partial charge is 0.283 e. The van der Waals surface area contributed by atoms with Crippen LogP contribution in [0.2, 0.25) is 5.02 Å². The Hall–Kier alpha value is -2.49. The van der Waals surface area contributed by atoms with Gasteiger partial charge in [0.05, 0.1) is 10.6 Å². The van der Waals surface area contributed by atoms with Crippen molar-refractivity contribution in [2.75, 3.05) is 13.1 Å². The van der Waals surface area contributed by atoms with E-state index in [9.17, 15) is 13.2 Å². The van der Waals surface area contributed by atoms with Crippen molar-refractivity contribution in [3.63, 3.8) is 0 Å². The van der Waals surface area contributed by atoms with E-state index in [4.69, 9.17) is 11.6 Å². The van der Waals surface area contributed by atoms with Crippen molar-refractivity contribution in [3.8, 4) is 5.69 Å². The van der Waals surface area contributed by atoms with Crippen molar-refractivity contribution < 1.29 is 13.2 Å². The highest BCUT2D eigenvalue weighted by Gasteiger charge is 2.26. The van der Waals surface area contributed by atoms with Gasteiger partial charge in [-0.05, 0) is 67.7 Å². The van der Waals surface area contributed by atoms with Crippen molar-refractivity contribution in [3.05, 3.63) is 69.5 Å². The van der Waals surface area contributed by atoms with Gasteiger partial charge in [0.15, 0.2) is 10.4 Å². The van der Waals surface area contributed by atoms with Crippen LogP contribution in [0.3, 0.4) is 0 Å². The molecule has 1 amide bonds. The molecular formula is C20H19ClN4O3S2. The Morgan fingerprint density at radius 2 is 1.70 bits per heavy atom. The summed E-state index contributed by atoms with van der Waals surface area (Å²) in [5, 5.41) is 4.96. The second-order valence-corrected chi connectivity index (χ2v) is 9.93. The lowest BCUT2D eigenvalue weighted by Crippen LogP contribution is -2.31. The van der Waals surface area contributed by atoms with E-state index >= 15 is 0 Å². The predicted molar refractivity (Wildman–Crippen MR) is 116 cm³/mol. The molecule has 30 heavy (non-hydrogen) atoms. The highest BCUT2D eigenvalue weighted by atomic mass is 35.5. The number of rotatable bonds is 4. The third kappa shape index (κ3) is 4.33. The van der Waals surface area contributed by atoms with E-state index in [1.54, 1.807) is 41.3 Å². The SMILES string of the molecule is Cc1ccc(S(=O)(=O)N=c2sn(-c3ccc(Cl)cc3)nc2C(=O)N2CCCC2)cc1. The van der Waals surface area contributed by atoms with Crippen molar-refractivity contribution >= 4 is 39.1 Å². The molecule has 1 fully saturated rings. The number of hydrogen-bond donors (Lipinski definition) is 0. The fraction of sp³-hybridized carbons (Fsp3) is 0.250. The number of aromatic nitrogens is 2. The van der Waals surface area contributed by atoms with Crippen LogP contribution in [0.1, 0.15) is 28.9 Å². The van der Waals surface area contributed by atoms with Gasteiger partial charge < -0.3 is 4.90 Å². The van der Waals surface area contributed by atoms with Crippen LogP contribution in [0.4, 0.5) is 0 Å². The van der Waals surface area contributed by atoms with Crippen LogP contribution in [0, 0.1) is 6.92 Å². The number of nitrogens with zero attached hydrogens (tertiary/aromatic N) is 4. The molecule has 1 saturated heterocycles. The number of aryl methyl sites for hydroxylation is 1. The van der Waals surface area contributed by atoms with Gasteiger partial charge in [0.25, 0.3) is 15.9 Å². The Balaban J connectivity index is 1.83. The number of likely N-dealkylation sites (tertiary alicyclic amines) is 1. The molecule has 1 aliphatic heterocycles. The molecule has 1 aromatic heterocycles. The Morgan fingerprint density at radius 3 is 2.33 bits per heavy atom. The van der Waals surface area contributed by atoms with E-state index in [1.165, 1.54) is 16.2 Å². The zero-order valence-corrected chi connectivity index (χ0v) is 18.5. The van der Waals surface area contributed by atoms with Gasteiger partial charge in [-0.3, -0.25) is 4.79 Å². The Kier molecular flexibility index (Phi) is 5.77. The Bertz CT molecular complexity index is 1240. The highest BCUT2D eigenvalue weighted by molar-refractivity contribution is 7.90. The third-order valence-corrected chi connectivity index (χ3v) is 7.31. The van der Waals surface area contributed by atoms with Crippen LogP contribution in [0.15, 0.2) is 57.8 Å². The van der Waals surface area contributed by atoms with Gasteiger partial charge >= 0.3 is 0 Å². The molecule has 0 unspecified atom stereocenters. The monoisotopic (exact) mass is 462 g/mol. The topological polar surface area (TPSA) is 84.6 Å². The standard InChI is InChI=1S/C20H19ClN4O3S2/c1-14-4-10-17(11-5-14)30(27,28)23-19-18(20(26)24-12-2-3-13-24)22-25(29-19)16-8-6-15(21)7-9-16/h4-11H,2-3,12-13H2,1H3. The van der Waals surface area contributed by atoms with Crippen LogP contribution < -0.4 is 4.67 Å². The van der Waals surface area contributed by atoms with E-state index < -0.39 is 10.0 Å². The van der Waals surface area contributed by atoms with Crippen molar-refractivity contribution in [1.29, 1.82) is 0 Å². The summed E-state index contributed by atoms with van der Waals surface area (Å²) in [6.45, 7) is 3.13. The molecule has 4 rings (SSSR count). The van der Waals surface area contributed by atoms with Gasteiger partial charge in [0, 0.05) is 18.1 Å². The normalized spacial score (nSPS) is 15.0. The van der Waals surface area contributed by atoms with Crippen molar-refractivity contribution in [1.82, 2.24) is 14.1 Å². The molecule has 2 aromatic carbocycles. The minimum absolute atomic E-state index is 0.0348. The maximum atomic E-state index is 13.0. The first-order valence-electron chi connectivity index (χ1n) is 9.37. The average molecular weight is 463 g/mol. The highest BCUT2D eigenvalue weighted by Crippen LogP contribution is 2.17. The Labute approximate surface area is 183 Å². The maximum Gasteiger partial charge on any atom is 0.283 e. The van der Waals surface area contributed by atoms with Crippen LogP contribution in [0.5, 0.6) is 0 Å². The van der Waals surface area contributed by atoms with Gasteiger partial charge in [0.2, 0.25) is 0 Å². The average Bonchev–Trinajstić information content (AvgIpc) is 3.38. The molecule has 10 heteroatoms. The lowest BCUT2D eigenvalue weighted by Gasteiger charge is -2.12. The van der Waals surface area contributed by atoms with E-state index in [1.807, 2.05) is 6.92 Å². The molecule has 0 bridgehead atoms. The number of carbonyl (C=O) groups excluding carboxylic acids is 1. The lowest BCUT2D eigenvalue weighted by atomic mass is 10.2. The summed E-state index contributed by atoms with van der Waals surface area (Å²) in [7, 11) is -3.99. The van der Waals surface area contributed by atoms with Crippen LogP contribution in [-0.2, 0) is 10.0 Å². The Morgan fingerprint density at radius 1 is 1.07 bits per heavy atom. The first kappa shape index (κ1) is 20.8. The van der Waals surface area contributed by atoms with Gasteiger partial charge in [-0.2, -0.15) is 12.5 Å². The van der Waals surface area contributed by atoms with Crippen LogP contribution in [-0.4, -0.2) is 41.5 Å². The van der Waals surface area contributed by atoms with Crippen LogP contribution in [0.25, 0.3) is 5.69 Å². The molecule has 3 aromatic rings. The molecule has 156 valence electrons. The fourth-order valence-corrected chi connectivity index (χ4v) is 5.27. The molecule has 0 N–H and O–H groups in total. The van der Waals surface area contributed by atoms with Gasteiger partial charge in [-0.25, -0.2) is 0 Å². The number of hydrogen-bond acceptors (Lipinski definition) is 5. The minimum atomic E-state index is -3.99. The summed E-state index contributed by atoms with van der Waals surface area (Å²) in [4.78, 5) is 14.8. The lowest BCUT2D eigenvalue weighted by molar-refractivity contribution is 0.0785. The summed E-state index contributed by atoms with van der Waals surface area (Å²) >= 11 is 6.95. The largest absolute Gasteiger partial charge is 0.337 e. The first-order chi connectivity index (χ1) is 14.3. The fourth-order valence-electron chi connectivity index (χ4n) is 3.09. The minimum Gasteiger partial charge on any atom is -0.337 e. The molecule has 0 saturated carbocycles. The molecule has 0 atom stereocenters. The van der Waals surface area contributed by atoms with E-state index in [-0.39, 0.29) is 21.2 Å². The second-order valence-electron chi connectivity index (χ2n) is 6.97. The number of halogens is 1. The maximum absolute atomic E-state index is 13.0. The summed E-state index contributed by atoms with van der Waals surface area (Å²) < 4.78 is 31.2. The quantitative estimate of drug-likeness (QED) is 0.594. The summed E-state index contributed by atoms with van der Waals surface area (Å²) in [6, 6.07) is 13.3. The number of amides is 1. The molecule has 0 radical (unpaired) electrons. The first-order valence-corrected chi connectivity index (χ1v) is 12.0. The van der Waals surface area contributed by atoms with Gasteiger partial charge in [-0.15, -0.1) is 9.50 Å². The zero-order chi connectivity index (χ0) is 21.3. The van der Waals surface area contributed by atoms with E-state index in [2.05, 4.69) is 9.50 Å². The molecule has 0 aliphatic carbocycles. The molecular weight excluding hydrogens is 444 g/mol. The van der Waals surface area contributed by atoms with Gasteiger partial charge in [-0.1, -0.05) is 29.3 Å². The van der Waals surface area contributed by atoms with E-state index in [0.29, 0.717) is 23.8 Å². The summed E-state index contributed by atoms with van der Waals surface area (Å²) in [5.74, 6) is -0.311. The second kappa shape index (κ2) is 8.33. The number of benzene rings is 2. The van der Waals surface area contributed by atoms with Gasteiger partial charge in [0.1, 0.15) is 0 Å². The summed E-state index contributed by atoms with van der Waals surface area (Å²) in [6.07, 6.45) is 1.84. The van der Waals surface area contributed by atoms with Crippen LogP contribution >= 0.6 is 23.1 Å². The zero-order valence-electron chi connectivity index (χ0n) is 16.2. The predicted octanol–water partition coefficient (Wildman–Crippen LogP) is 3.42. The molecule has 0 spiro atoms. The third-order valence-electron chi connectivity index (χ3n) is 4.73. The number of carbonyl (C=O) groups is 1. The van der Waals surface area contributed by atoms with Crippen molar-refractivity contribution in [2.45, 2.75) is 24.7 Å². The molecule has 1 aliphatic rings. The number of sulfonamides is 1. The molecule has 2 heterocycles.